The van der Waals surface area contributed by atoms with Gasteiger partial charge in [-0.2, -0.15) is 0 Å². The highest BCUT2D eigenvalue weighted by Gasteiger charge is 2.32. The number of nitrogens with zero attached hydrogens (tertiary/aromatic N) is 3. The fraction of sp³-hybridized carbons (Fsp3) is 0.267. The van der Waals surface area contributed by atoms with Gasteiger partial charge in [0, 0.05) is 35.9 Å². The summed E-state index contributed by atoms with van der Waals surface area (Å²) in [6.45, 7) is 4.98. The molecule has 5 rings (SSSR count). The van der Waals surface area contributed by atoms with Crippen LogP contribution in [0.25, 0.3) is 6.08 Å². The Morgan fingerprint density at radius 3 is 2.46 bits per heavy atom. The Hall–Kier alpha value is -2.45. The van der Waals surface area contributed by atoms with Crippen molar-refractivity contribution in [1.29, 1.82) is 0 Å². The smallest absolute Gasteiger partial charge is 0.266 e. The van der Waals surface area contributed by atoms with Crippen molar-refractivity contribution in [2.75, 3.05) is 24.5 Å². The highest BCUT2D eigenvalue weighted by atomic mass is 79.9. The Morgan fingerprint density at radius 2 is 1.77 bits per heavy atom. The summed E-state index contributed by atoms with van der Waals surface area (Å²) in [4.78, 5) is 22.7. The molecule has 202 valence electrons. The Balaban J connectivity index is 1.32. The van der Waals surface area contributed by atoms with Crippen LogP contribution >= 0.6 is 50.9 Å². The molecule has 0 bridgehead atoms. The topological polar surface area (TPSA) is 45.1 Å². The lowest BCUT2D eigenvalue weighted by Crippen LogP contribution is -2.29. The zero-order valence-corrected chi connectivity index (χ0v) is 25.4. The molecule has 0 spiro atoms. The van der Waals surface area contributed by atoms with Gasteiger partial charge in [0.1, 0.15) is 6.61 Å². The molecular weight excluding hydrogens is 617 g/mol. The van der Waals surface area contributed by atoms with Crippen molar-refractivity contribution in [3.05, 3.63) is 91.2 Å². The van der Waals surface area contributed by atoms with E-state index in [9.17, 15) is 4.79 Å². The molecule has 0 unspecified atom stereocenters. The van der Waals surface area contributed by atoms with E-state index < -0.39 is 0 Å². The highest BCUT2D eigenvalue weighted by Crippen LogP contribution is 2.39. The number of piperidine rings is 1. The molecule has 0 aromatic heterocycles. The fourth-order valence-corrected chi connectivity index (χ4v) is 6.83. The van der Waals surface area contributed by atoms with Gasteiger partial charge in [-0.05, 0) is 108 Å². The maximum absolute atomic E-state index is 13.2. The number of amidine groups is 1. The van der Waals surface area contributed by atoms with Gasteiger partial charge in [0.2, 0.25) is 0 Å². The minimum absolute atomic E-state index is 0.0718. The van der Waals surface area contributed by atoms with Crippen molar-refractivity contribution in [3.8, 4) is 5.75 Å². The zero-order chi connectivity index (χ0) is 27.4. The molecule has 2 saturated heterocycles. The van der Waals surface area contributed by atoms with Crippen molar-refractivity contribution in [2.24, 2.45) is 4.99 Å². The third-order valence-electron chi connectivity index (χ3n) is 6.65. The van der Waals surface area contributed by atoms with E-state index in [1.54, 1.807) is 11.0 Å². The second-order valence-electron chi connectivity index (χ2n) is 9.31. The Kier molecular flexibility index (Phi) is 9.23. The Labute approximate surface area is 252 Å². The van der Waals surface area contributed by atoms with Crippen LogP contribution in [0.1, 0.15) is 37.3 Å². The van der Waals surface area contributed by atoms with Crippen LogP contribution in [-0.4, -0.2) is 35.6 Å². The summed E-state index contributed by atoms with van der Waals surface area (Å²) in [6, 6.07) is 19.5. The molecule has 0 atom stereocenters. The molecule has 9 heteroatoms. The number of rotatable bonds is 7. The Bertz CT molecular complexity index is 1400. The largest absolute Gasteiger partial charge is 0.486 e. The standard InChI is InChI=1S/C30H28BrCl2N3O2S/c1-2-36-29(37)27(39-30(36)34-22-10-12-23(13-11-22)35-14-6-3-7-15-35)18-20-16-24(31)28(26(33)17-20)38-19-21-8-4-5-9-25(21)32/h4-5,8-13,16-18H,2-3,6-7,14-15,19H2,1H3/b27-18-,34-30?. The number of halogens is 3. The number of likely N-dealkylation sites (N-methyl/N-ethyl adjacent to an activating group) is 1. The third kappa shape index (κ3) is 6.65. The van der Waals surface area contributed by atoms with E-state index in [0.29, 0.717) is 36.9 Å². The van der Waals surface area contributed by atoms with E-state index in [2.05, 4.69) is 33.0 Å². The second-order valence-corrected chi connectivity index (χ2v) is 12.0. The van der Waals surface area contributed by atoms with Crippen molar-refractivity contribution in [2.45, 2.75) is 32.8 Å². The first-order valence-corrected chi connectivity index (χ1v) is 15.3. The molecule has 0 aliphatic carbocycles. The van der Waals surface area contributed by atoms with Crippen LogP contribution in [0.5, 0.6) is 5.75 Å². The van der Waals surface area contributed by atoms with Gasteiger partial charge in [-0.15, -0.1) is 0 Å². The monoisotopic (exact) mass is 643 g/mol. The minimum Gasteiger partial charge on any atom is -0.486 e. The van der Waals surface area contributed by atoms with Crippen molar-refractivity contribution in [3.63, 3.8) is 0 Å². The number of thioether (sulfide) groups is 1. The lowest BCUT2D eigenvalue weighted by Gasteiger charge is -2.28. The molecule has 2 aliphatic rings. The summed E-state index contributed by atoms with van der Waals surface area (Å²) >= 11 is 17.8. The van der Waals surface area contributed by atoms with Gasteiger partial charge in [0.25, 0.3) is 5.91 Å². The summed E-state index contributed by atoms with van der Waals surface area (Å²) in [6.07, 6.45) is 5.62. The normalized spacial score (nSPS) is 17.9. The van der Waals surface area contributed by atoms with Gasteiger partial charge in [0.15, 0.2) is 10.9 Å². The number of carbonyl (C=O) groups excluding carboxylic acids is 1. The van der Waals surface area contributed by atoms with Crippen LogP contribution in [0.3, 0.4) is 0 Å². The first-order valence-electron chi connectivity index (χ1n) is 12.9. The number of anilines is 1. The number of aliphatic imine (C=N–C) groups is 1. The van der Waals surface area contributed by atoms with Crippen molar-refractivity contribution >= 4 is 79.4 Å². The number of hydrogen-bond acceptors (Lipinski definition) is 5. The van der Waals surface area contributed by atoms with Crippen LogP contribution in [0.15, 0.2) is 75.0 Å². The first-order chi connectivity index (χ1) is 18.9. The van der Waals surface area contributed by atoms with E-state index >= 15 is 0 Å². The summed E-state index contributed by atoms with van der Waals surface area (Å²) in [5.41, 5.74) is 3.71. The molecule has 3 aromatic carbocycles. The number of ether oxygens (including phenoxy) is 1. The van der Waals surface area contributed by atoms with Gasteiger partial charge < -0.3 is 9.64 Å². The van der Waals surface area contributed by atoms with Crippen LogP contribution < -0.4 is 9.64 Å². The number of hydrogen-bond donors (Lipinski definition) is 0. The van der Waals surface area contributed by atoms with E-state index in [1.807, 2.05) is 55.5 Å². The lowest BCUT2D eigenvalue weighted by atomic mass is 10.1. The molecule has 0 saturated carbocycles. The van der Waals surface area contributed by atoms with Crippen molar-refractivity contribution in [1.82, 2.24) is 4.90 Å². The van der Waals surface area contributed by atoms with Crippen LogP contribution in [0.4, 0.5) is 11.4 Å². The van der Waals surface area contributed by atoms with Crippen LogP contribution in [-0.2, 0) is 11.4 Å². The fourth-order valence-electron chi connectivity index (χ4n) is 4.59. The summed E-state index contributed by atoms with van der Waals surface area (Å²) in [5.74, 6) is 0.451. The van der Waals surface area contributed by atoms with E-state index in [-0.39, 0.29) is 12.5 Å². The van der Waals surface area contributed by atoms with Gasteiger partial charge in [0.05, 0.1) is 20.1 Å². The first kappa shape index (κ1) is 28.1. The number of carbonyl (C=O) groups is 1. The van der Waals surface area contributed by atoms with Crippen LogP contribution in [0.2, 0.25) is 10.0 Å². The second kappa shape index (κ2) is 12.8. The molecule has 5 nitrogen and oxygen atoms in total. The van der Waals surface area contributed by atoms with Gasteiger partial charge >= 0.3 is 0 Å². The maximum atomic E-state index is 13.2. The van der Waals surface area contributed by atoms with Gasteiger partial charge in [-0.1, -0.05) is 41.4 Å². The number of benzene rings is 3. The molecule has 2 aliphatic heterocycles. The summed E-state index contributed by atoms with van der Waals surface area (Å²) in [5, 5.41) is 1.75. The van der Waals surface area contributed by atoms with E-state index in [1.165, 1.54) is 36.7 Å². The molecule has 39 heavy (non-hydrogen) atoms. The predicted octanol–water partition coefficient (Wildman–Crippen LogP) is 8.95. The van der Waals surface area contributed by atoms with Gasteiger partial charge in [-0.25, -0.2) is 4.99 Å². The molecule has 3 aromatic rings. The molecule has 1 amide bonds. The van der Waals surface area contributed by atoms with E-state index in [0.717, 1.165) is 29.9 Å². The predicted molar refractivity (Wildman–Crippen MR) is 167 cm³/mol. The average Bonchev–Trinajstić information content (AvgIpc) is 3.23. The molecular formula is C30H28BrCl2N3O2S. The minimum atomic E-state index is -0.0718. The average molecular weight is 645 g/mol. The van der Waals surface area contributed by atoms with Crippen LogP contribution in [0, 0.1) is 0 Å². The van der Waals surface area contributed by atoms with Crippen molar-refractivity contribution < 1.29 is 9.53 Å². The summed E-state index contributed by atoms with van der Waals surface area (Å²) < 4.78 is 6.65. The SMILES string of the molecule is CCN1C(=O)/C(=C/c2cc(Cl)c(OCc3ccccc3Cl)c(Br)c2)SC1=Nc1ccc(N2CCCCC2)cc1. The summed E-state index contributed by atoms with van der Waals surface area (Å²) in [7, 11) is 0. The maximum Gasteiger partial charge on any atom is 0.266 e. The highest BCUT2D eigenvalue weighted by molar-refractivity contribution is 9.10. The zero-order valence-electron chi connectivity index (χ0n) is 21.5. The molecule has 0 N–H and O–H groups in total. The number of amides is 1. The van der Waals surface area contributed by atoms with Gasteiger partial charge in [-0.3, -0.25) is 9.69 Å². The quantitative estimate of drug-likeness (QED) is 0.241. The van der Waals surface area contributed by atoms with E-state index in [4.69, 9.17) is 32.9 Å². The molecule has 2 heterocycles. The Morgan fingerprint density at radius 1 is 1.03 bits per heavy atom. The molecule has 2 fully saturated rings. The molecule has 0 radical (unpaired) electrons. The lowest BCUT2D eigenvalue weighted by molar-refractivity contribution is -0.122. The third-order valence-corrected chi connectivity index (χ3v) is 8.89.